The molecule has 17 heavy (non-hydrogen) atoms. The molecule has 0 aromatic heterocycles. The molecule has 98 valence electrons. The number of hydrogen-bond acceptors (Lipinski definition) is 3. The van der Waals surface area contributed by atoms with E-state index < -0.39 is 11.9 Å². The monoisotopic (exact) mass is 240 g/mol. The molecule has 3 rings (SSSR count). The lowest BCUT2D eigenvalue weighted by molar-refractivity contribution is -0.334. The van der Waals surface area contributed by atoms with Gasteiger partial charge in [0.25, 0.3) is 0 Å². The molecule has 0 unspecified atom stereocenters. The van der Waals surface area contributed by atoms with Gasteiger partial charge in [-0.25, -0.2) is 0 Å². The first-order chi connectivity index (χ1) is 7.76. The maximum Gasteiger partial charge on any atom is 0.192 e. The van der Waals surface area contributed by atoms with E-state index in [2.05, 4.69) is 20.8 Å². The predicted octanol–water partition coefficient (Wildman–Crippen LogP) is 1.92. The topological polar surface area (TPSA) is 49.7 Å². The Morgan fingerprint density at radius 1 is 1.18 bits per heavy atom. The van der Waals surface area contributed by atoms with Crippen LogP contribution in [0, 0.1) is 22.7 Å². The van der Waals surface area contributed by atoms with E-state index in [0.717, 1.165) is 12.8 Å². The first-order valence-electron chi connectivity index (χ1n) is 6.80. The third-order valence-corrected chi connectivity index (χ3v) is 5.52. The van der Waals surface area contributed by atoms with Crippen molar-refractivity contribution < 1.29 is 14.9 Å². The van der Waals surface area contributed by atoms with Gasteiger partial charge in [0.15, 0.2) is 5.79 Å². The van der Waals surface area contributed by atoms with Gasteiger partial charge in [-0.15, -0.1) is 0 Å². The minimum atomic E-state index is -1.28. The molecule has 1 saturated heterocycles. The van der Waals surface area contributed by atoms with Crippen LogP contribution in [-0.2, 0) is 4.74 Å². The lowest BCUT2D eigenvalue weighted by Gasteiger charge is -2.56. The number of rotatable bonds is 0. The SMILES string of the molecule is CC1(C)C[C@@H]2[C@H](C1)[C@@]1(C)CCO[C@@](O)(C1)[C@H]2O. The Bertz CT molecular complexity index is 340. The van der Waals surface area contributed by atoms with E-state index in [1.54, 1.807) is 0 Å². The largest absolute Gasteiger partial charge is 0.387 e. The molecule has 0 radical (unpaired) electrons. The van der Waals surface area contributed by atoms with Crippen molar-refractivity contribution in [3.8, 4) is 0 Å². The highest BCUT2D eigenvalue weighted by Gasteiger charge is 2.63. The first-order valence-corrected chi connectivity index (χ1v) is 6.80. The quantitative estimate of drug-likeness (QED) is 0.680. The van der Waals surface area contributed by atoms with Gasteiger partial charge in [0, 0.05) is 6.42 Å². The van der Waals surface area contributed by atoms with Crippen LogP contribution in [0.5, 0.6) is 0 Å². The molecule has 0 amide bonds. The fourth-order valence-corrected chi connectivity index (χ4v) is 4.73. The minimum Gasteiger partial charge on any atom is -0.387 e. The van der Waals surface area contributed by atoms with Crippen LogP contribution in [0.3, 0.4) is 0 Å². The standard InChI is InChI=1S/C14H24O3/c1-12(2)6-9-10(7-12)13(3)4-5-17-14(16,8-13)11(9)15/h9-11,15-16H,4-8H2,1-3H3/t9-,10+,11+,13+,14+/m1/s1. The van der Waals surface area contributed by atoms with E-state index in [1.807, 2.05) is 0 Å². The van der Waals surface area contributed by atoms with Crippen molar-refractivity contribution in [2.45, 2.75) is 58.3 Å². The molecule has 2 aliphatic carbocycles. The van der Waals surface area contributed by atoms with Crippen molar-refractivity contribution in [1.29, 1.82) is 0 Å². The van der Waals surface area contributed by atoms with E-state index in [0.29, 0.717) is 18.9 Å². The van der Waals surface area contributed by atoms with Gasteiger partial charge in [0.05, 0.1) is 6.61 Å². The normalized spacial score (nSPS) is 56.6. The molecule has 3 aliphatic rings. The van der Waals surface area contributed by atoms with Gasteiger partial charge >= 0.3 is 0 Å². The number of aliphatic hydroxyl groups excluding tert-OH is 1. The number of fused-ring (bicyclic) bond motifs is 4. The Labute approximate surface area is 103 Å². The zero-order valence-corrected chi connectivity index (χ0v) is 11.1. The van der Waals surface area contributed by atoms with Crippen LogP contribution in [0.4, 0.5) is 0 Å². The zero-order valence-electron chi connectivity index (χ0n) is 11.1. The summed E-state index contributed by atoms with van der Waals surface area (Å²) in [6.07, 6.45) is 3.07. The highest BCUT2D eigenvalue weighted by Crippen LogP contribution is 2.62. The summed E-state index contributed by atoms with van der Waals surface area (Å²) in [5, 5.41) is 20.9. The second kappa shape index (κ2) is 3.25. The number of ether oxygens (including phenoxy) is 1. The first kappa shape index (κ1) is 11.9. The van der Waals surface area contributed by atoms with Crippen LogP contribution in [0.1, 0.15) is 46.5 Å². The summed E-state index contributed by atoms with van der Waals surface area (Å²) < 4.78 is 5.50. The second-order valence-electron chi connectivity index (χ2n) is 7.56. The van der Waals surface area contributed by atoms with Gasteiger partial charge in [-0.05, 0) is 41.9 Å². The van der Waals surface area contributed by atoms with Crippen molar-refractivity contribution in [3.63, 3.8) is 0 Å². The molecule has 3 heteroatoms. The summed E-state index contributed by atoms with van der Waals surface area (Å²) in [6, 6.07) is 0. The number of aliphatic hydroxyl groups is 2. The van der Waals surface area contributed by atoms with Gasteiger partial charge in [-0.1, -0.05) is 20.8 Å². The molecular weight excluding hydrogens is 216 g/mol. The summed E-state index contributed by atoms with van der Waals surface area (Å²) in [4.78, 5) is 0. The molecule has 2 bridgehead atoms. The zero-order chi connectivity index (χ0) is 12.5. The molecule has 2 N–H and O–H groups in total. The fourth-order valence-electron chi connectivity index (χ4n) is 4.73. The Morgan fingerprint density at radius 3 is 2.59 bits per heavy atom. The smallest absolute Gasteiger partial charge is 0.192 e. The third kappa shape index (κ3) is 1.59. The van der Waals surface area contributed by atoms with E-state index in [1.165, 1.54) is 6.42 Å². The second-order valence-corrected chi connectivity index (χ2v) is 7.56. The molecule has 1 aliphatic heterocycles. The van der Waals surface area contributed by atoms with E-state index in [9.17, 15) is 10.2 Å². The highest BCUT2D eigenvalue weighted by molar-refractivity contribution is 5.09. The maximum absolute atomic E-state index is 10.5. The number of hydrogen-bond donors (Lipinski definition) is 2. The van der Waals surface area contributed by atoms with E-state index in [-0.39, 0.29) is 16.7 Å². The summed E-state index contributed by atoms with van der Waals surface area (Å²) in [5.41, 5.74) is 0.428. The highest BCUT2D eigenvalue weighted by atomic mass is 16.6. The van der Waals surface area contributed by atoms with Gasteiger partial charge in [0.2, 0.25) is 0 Å². The van der Waals surface area contributed by atoms with Gasteiger partial charge < -0.3 is 14.9 Å². The van der Waals surface area contributed by atoms with Crippen molar-refractivity contribution in [2.24, 2.45) is 22.7 Å². The Morgan fingerprint density at radius 2 is 1.88 bits per heavy atom. The van der Waals surface area contributed by atoms with Crippen molar-refractivity contribution >= 4 is 0 Å². The molecule has 5 atom stereocenters. The van der Waals surface area contributed by atoms with Gasteiger partial charge in [0.1, 0.15) is 6.10 Å². The van der Waals surface area contributed by atoms with Crippen LogP contribution in [-0.4, -0.2) is 28.7 Å². The average molecular weight is 240 g/mol. The molecular formula is C14H24O3. The predicted molar refractivity (Wildman–Crippen MR) is 64.2 cm³/mol. The van der Waals surface area contributed by atoms with Crippen molar-refractivity contribution in [1.82, 2.24) is 0 Å². The average Bonchev–Trinajstić information content (AvgIpc) is 2.52. The molecule has 0 aromatic carbocycles. The summed E-state index contributed by atoms with van der Waals surface area (Å²) in [6.45, 7) is 7.39. The molecule has 3 fully saturated rings. The fraction of sp³-hybridized carbons (Fsp3) is 1.00. The Hall–Kier alpha value is -0.120. The minimum absolute atomic E-state index is 0.144. The molecule has 0 spiro atoms. The van der Waals surface area contributed by atoms with Crippen LogP contribution in [0.25, 0.3) is 0 Å². The summed E-state index contributed by atoms with van der Waals surface area (Å²) in [5.74, 6) is -0.542. The lowest BCUT2D eigenvalue weighted by Crippen LogP contribution is -2.62. The van der Waals surface area contributed by atoms with Crippen molar-refractivity contribution in [2.75, 3.05) is 6.61 Å². The third-order valence-electron chi connectivity index (χ3n) is 5.52. The van der Waals surface area contributed by atoms with E-state index in [4.69, 9.17) is 4.74 Å². The van der Waals surface area contributed by atoms with Crippen LogP contribution >= 0.6 is 0 Å². The summed E-state index contributed by atoms with van der Waals surface area (Å²) in [7, 11) is 0. The van der Waals surface area contributed by atoms with Crippen molar-refractivity contribution in [3.05, 3.63) is 0 Å². The molecule has 3 nitrogen and oxygen atoms in total. The van der Waals surface area contributed by atoms with E-state index >= 15 is 0 Å². The van der Waals surface area contributed by atoms with Crippen LogP contribution < -0.4 is 0 Å². The van der Waals surface area contributed by atoms with Gasteiger partial charge in [-0.3, -0.25) is 0 Å². The van der Waals surface area contributed by atoms with Gasteiger partial charge in [-0.2, -0.15) is 0 Å². The van der Waals surface area contributed by atoms with Crippen LogP contribution in [0.2, 0.25) is 0 Å². The van der Waals surface area contributed by atoms with Crippen LogP contribution in [0.15, 0.2) is 0 Å². The lowest BCUT2D eigenvalue weighted by atomic mass is 9.58. The molecule has 1 heterocycles. The Kier molecular flexibility index (Phi) is 2.28. The summed E-state index contributed by atoms with van der Waals surface area (Å²) >= 11 is 0. The Balaban J connectivity index is 1.99. The maximum atomic E-state index is 10.5. The molecule has 0 aromatic rings. The molecule has 2 saturated carbocycles.